The van der Waals surface area contributed by atoms with Crippen molar-refractivity contribution in [1.82, 2.24) is 0 Å². The van der Waals surface area contributed by atoms with Crippen LogP contribution in [0.1, 0.15) is 13.3 Å². The molecule has 69 valence electrons. The maximum atomic E-state index is 10.0. The average molecular weight is 177 g/mol. The Balaban J connectivity index is 2.30. The molecule has 0 saturated heterocycles. The Hall–Kier alpha value is -1.31. The summed E-state index contributed by atoms with van der Waals surface area (Å²) in [5, 5.41) is 0. The largest absolute Gasteiger partial charge is 0.493 e. The molecule has 0 aliphatic carbocycles. The van der Waals surface area contributed by atoms with E-state index in [1.54, 1.807) is 0 Å². The number of benzene rings is 1. The van der Waals surface area contributed by atoms with Gasteiger partial charge in [0.15, 0.2) is 6.29 Å². The summed E-state index contributed by atoms with van der Waals surface area (Å²) < 4.78 is 5.44. The van der Waals surface area contributed by atoms with Crippen LogP contribution in [0.2, 0.25) is 0 Å². The smallest absolute Gasteiger partial charge is 0.198 e. The Labute approximate surface area is 78.5 Å². The van der Waals surface area contributed by atoms with E-state index in [4.69, 9.17) is 4.74 Å². The van der Waals surface area contributed by atoms with Crippen molar-refractivity contribution >= 4 is 6.29 Å². The van der Waals surface area contributed by atoms with Crippen molar-refractivity contribution in [3.05, 3.63) is 30.3 Å². The highest BCUT2D eigenvalue weighted by molar-refractivity contribution is 5.50. The highest BCUT2D eigenvalue weighted by Gasteiger charge is 2.01. The predicted molar refractivity (Wildman–Crippen MR) is 51.4 cm³/mol. The van der Waals surface area contributed by atoms with Gasteiger partial charge in [0.2, 0.25) is 0 Å². The van der Waals surface area contributed by atoms with Gasteiger partial charge in [-0.05, 0) is 18.1 Å². The highest BCUT2D eigenvalue weighted by atomic mass is 16.5. The molecule has 0 aliphatic heterocycles. The highest BCUT2D eigenvalue weighted by Crippen LogP contribution is 2.10. The van der Waals surface area contributed by atoms with Crippen LogP contribution in [-0.2, 0) is 4.79 Å². The SMILES string of the molecule is CC(C[C]=O)COc1ccccc1. The Morgan fingerprint density at radius 1 is 1.38 bits per heavy atom. The third-order valence-electron chi connectivity index (χ3n) is 1.71. The Morgan fingerprint density at radius 2 is 2.08 bits per heavy atom. The molecule has 1 unspecified atom stereocenters. The maximum Gasteiger partial charge on any atom is 0.198 e. The van der Waals surface area contributed by atoms with Gasteiger partial charge in [0, 0.05) is 6.42 Å². The summed E-state index contributed by atoms with van der Waals surface area (Å²) in [5.74, 6) is 1.08. The van der Waals surface area contributed by atoms with Crippen LogP contribution in [-0.4, -0.2) is 12.9 Å². The number of rotatable bonds is 5. The Morgan fingerprint density at radius 3 is 2.69 bits per heavy atom. The fraction of sp³-hybridized carbons (Fsp3) is 0.364. The molecular formula is C11H13O2. The quantitative estimate of drug-likeness (QED) is 0.689. The van der Waals surface area contributed by atoms with Crippen LogP contribution in [0.25, 0.3) is 0 Å². The summed E-state index contributed by atoms with van der Waals surface area (Å²) >= 11 is 0. The van der Waals surface area contributed by atoms with Crippen molar-refractivity contribution in [3.8, 4) is 5.75 Å². The topological polar surface area (TPSA) is 26.3 Å². The van der Waals surface area contributed by atoms with Gasteiger partial charge in [0.25, 0.3) is 0 Å². The van der Waals surface area contributed by atoms with Crippen molar-refractivity contribution in [3.63, 3.8) is 0 Å². The van der Waals surface area contributed by atoms with Crippen molar-refractivity contribution in [2.24, 2.45) is 5.92 Å². The fourth-order valence-corrected chi connectivity index (χ4v) is 0.956. The zero-order chi connectivity index (χ0) is 9.52. The molecule has 2 nitrogen and oxygen atoms in total. The van der Waals surface area contributed by atoms with E-state index in [-0.39, 0.29) is 5.92 Å². The first-order valence-electron chi connectivity index (χ1n) is 4.36. The van der Waals surface area contributed by atoms with Crippen LogP contribution in [0.5, 0.6) is 5.75 Å². The van der Waals surface area contributed by atoms with Gasteiger partial charge < -0.3 is 4.74 Å². The summed E-state index contributed by atoms with van der Waals surface area (Å²) in [6.45, 7) is 2.53. The van der Waals surface area contributed by atoms with E-state index in [0.29, 0.717) is 13.0 Å². The summed E-state index contributed by atoms with van der Waals surface area (Å²) in [4.78, 5) is 10.0. The summed E-state index contributed by atoms with van der Waals surface area (Å²) in [5.41, 5.74) is 0. The molecule has 1 aromatic rings. The molecule has 0 aromatic heterocycles. The summed E-state index contributed by atoms with van der Waals surface area (Å²) in [6.07, 6.45) is 2.31. The van der Waals surface area contributed by atoms with Crippen LogP contribution in [0.3, 0.4) is 0 Å². The van der Waals surface area contributed by atoms with Crippen LogP contribution in [0.15, 0.2) is 30.3 Å². The van der Waals surface area contributed by atoms with Crippen LogP contribution in [0.4, 0.5) is 0 Å². The second kappa shape index (κ2) is 5.36. The number of ether oxygens (including phenoxy) is 1. The van der Waals surface area contributed by atoms with E-state index >= 15 is 0 Å². The zero-order valence-electron chi connectivity index (χ0n) is 7.69. The molecule has 0 heterocycles. The lowest BCUT2D eigenvalue weighted by Gasteiger charge is -2.09. The van der Waals surface area contributed by atoms with E-state index in [1.165, 1.54) is 0 Å². The van der Waals surface area contributed by atoms with Gasteiger partial charge in [-0.15, -0.1) is 0 Å². The molecule has 0 fully saturated rings. The Kier molecular flexibility index (Phi) is 4.03. The van der Waals surface area contributed by atoms with E-state index in [0.717, 1.165) is 5.75 Å². The standard InChI is InChI=1S/C11H13O2/c1-10(7-8-12)9-13-11-5-3-2-4-6-11/h2-6,10H,7,9H2,1H3. The number of hydrogen-bond acceptors (Lipinski definition) is 2. The lowest BCUT2D eigenvalue weighted by atomic mass is 10.1. The van der Waals surface area contributed by atoms with Gasteiger partial charge in [-0.1, -0.05) is 25.1 Å². The van der Waals surface area contributed by atoms with Crippen LogP contribution in [0, 0.1) is 5.92 Å². The van der Waals surface area contributed by atoms with E-state index in [2.05, 4.69) is 0 Å². The first-order chi connectivity index (χ1) is 6.33. The maximum absolute atomic E-state index is 10.0. The van der Waals surface area contributed by atoms with Crippen LogP contribution >= 0.6 is 0 Å². The van der Waals surface area contributed by atoms with E-state index in [9.17, 15) is 4.79 Å². The number of hydrogen-bond donors (Lipinski definition) is 0. The monoisotopic (exact) mass is 177 g/mol. The van der Waals surface area contributed by atoms with Gasteiger partial charge in [-0.25, -0.2) is 0 Å². The molecule has 1 radical (unpaired) electrons. The first-order valence-corrected chi connectivity index (χ1v) is 4.36. The molecule has 2 heteroatoms. The number of carbonyl (C=O) groups excluding carboxylic acids is 1. The lowest BCUT2D eigenvalue weighted by molar-refractivity contribution is 0.263. The molecule has 0 saturated carbocycles. The third-order valence-corrected chi connectivity index (χ3v) is 1.71. The molecule has 1 atom stereocenters. The molecule has 0 spiro atoms. The second-order valence-corrected chi connectivity index (χ2v) is 3.08. The molecule has 1 rings (SSSR count). The van der Waals surface area contributed by atoms with Gasteiger partial charge in [-0.2, -0.15) is 0 Å². The predicted octanol–water partition coefficient (Wildman–Crippen LogP) is 2.20. The molecule has 0 amide bonds. The molecule has 0 N–H and O–H groups in total. The minimum Gasteiger partial charge on any atom is -0.493 e. The van der Waals surface area contributed by atoms with Crippen molar-refractivity contribution < 1.29 is 9.53 Å². The third kappa shape index (κ3) is 3.74. The minimum absolute atomic E-state index is 0.234. The molecular weight excluding hydrogens is 164 g/mol. The zero-order valence-corrected chi connectivity index (χ0v) is 7.69. The minimum atomic E-state index is 0.234. The second-order valence-electron chi connectivity index (χ2n) is 3.08. The van der Waals surface area contributed by atoms with Crippen molar-refractivity contribution in [1.29, 1.82) is 0 Å². The first kappa shape index (κ1) is 9.78. The van der Waals surface area contributed by atoms with Gasteiger partial charge in [0.1, 0.15) is 5.75 Å². The average Bonchev–Trinajstić information content (AvgIpc) is 2.17. The molecule has 13 heavy (non-hydrogen) atoms. The number of para-hydroxylation sites is 1. The van der Waals surface area contributed by atoms with E-state index in [1.807, 2.05) is 43.5 Å². The van der Waals surface area contributed by atoms with Gasteiger partial charge in [0.05, 0.1) is 6.61 Å². The van der Waals surface area contributed by atoms with Crippen molar-refractivity contribution in [2.45, 2.75) is 13.3 Å². The molecule has 1 aromatic carbocycles. The van der Waals surface area contributed by atoms with Gasteiger partial charge in [-0.3, -0.25) is 4.79 Å². The fourth-order valence-electron chi connectivity index (χ4n) is 0.956. The Bertz CT molecular complexity index is 244. The van der Waals surface area contributed by atoms with Crippen molar-refractivity contribution in [2.75, 3.05) is 6.61 Å². The lowest BCUT2D eigenvalue weighted by Crippen LogP contribution is -2.08. The summed E-state index contributed by atoms with van der Waals surface area (Å²) in [6, 6.07) is 9.59. The molecule has 0 bridgehead atoms. The van der Waals surface area contributed by atoms with E-state index < -0.39 is 0 Å². The normalized spacial score (nSPS) is 12.1. The van der Waals surface area contributed by atoms with Gasteiger partial charge >= 0.3 is 0 Å². The summed E-state index contributed by atoms with van der Waals surface area (Å²) in [7, 11) is 0. The van der Waals surface area contributed by atoms with Crippen LogP contribution < -0.4 is 4.74 Å². The molecule has 0 aliphatic rings.